The second-order valence-electron chi connectivity index (χ2n) is 7.50. The van der Waals surface area contributed by atoms with Crippen molar-refractivity contribution in [2.24, 2.45) is 0 Å². The molecule has 138 valence electrons. The smallest absolute Gasteiger partial charge is 0.0991 e. The summed E-state index contributed by atoms with van der Waals surface area (Å²) in [6.07, 6.45) is 1.95. The summed E-state index contributed by atoms with van der Waals surface area (Å²) in [6.45, 7) is 4.46. The summed E-state index contributed by atoms with van der Waals surface area (Å²) < 4.78 is 0. The third-order valence-corrected chi connectivity index (χ3v) is 5.29. The molecular weight excluding hydrogens is 340 g/mol. The van der Waals surface area contributed by atoms with Crippen LogP contribution < -0.4 is 0 Å². The van der Waals surface area contributed by atoms with E-state index < -0.39 is 0 Å². The Balaban J connectivity index is 1.67. The van der Waals surface area contributed by atoms with Gasteiger partial charge in [0, 0.05) is 0 Å². The molecule has 0 spiro atoms. The SMILES string of the molecule is CC(Cc1cccc(CC(C)c2ccc(C#N)cc2)c1)c1ccc(C#N)cc1. The molecule has 28 heavy (non-hydrogen) atoms. The van der Waals surface area contributed by atoms with E-state index in [2.05, 4.69) is 74.5 Å². The fourth-order valence-corrected chi connectivity index (χ4v) is 3.60. The zero-order valence-corrected chi connectivity index (χ0v) is 16.4. The fraction of sp³-hybridized carbons (Fsp3) is 0.231. The lowest BCUT2D eigenvalue weighted by molar-refractivity contribution is 0.744. The van der Waals surface area contributed by atoms with Crippen LogP contribution in [0, 0.1) is 22.7 Å². The average Bonchev–Trinajstić information content (AvgIpc) is 2.74. The molecule has 0 aromatic heterocycles. The van der Waals surface area contributed by atoms with Crippen molar-refractivity contribution >= 4 is 0 Å². The van der Waals surface area contributed by atoms with Crippen molar-refractivity contribution in [3.63, 3.8) is 0 Å². The Labute approximate surface area is 167 Å². The number of hydrogen-bond donors (Lipinski definition) is 0. The number of nitriles is 2. The van der Waals surface area contributed by atoms with Crippen molar-refractivity contribution in [2.45, 2.75) is 38.5 Å². The summed E-state index contributed by atoms with van der Waals surface area (Å²) in [4.78, 5) is 0. The molecular formula is C26H24N2. The van der Waals surface area contributed by atoms with E-state index in [4.69, 9.17) is 10.5 Å². The molecule has 0 radical (unpaired) electrons. The van der Waals surface area contributed by atoms with Crippen LogP contribution >= 0.6 is 0 Å². The molecule has 0 aliphatic carbocycles. The van der Waals surface area contributed by atoms with E-state index in [1.807, 2.05) is 24.3 Å². The van der Waals surface area contributed by atoms with Gasteiger partial charge >= 0.3 is 0 Å². The molecule has 0 heterocycles. The molecule has 2 unspecified atom stereocenters. The summed E-state index contributed by atoms with van der Waals surface area (Å²) in [5.74, 6) is 0.804. The van der Waals surface area contributed by atoms with Crippen molar-refractivity contribution in [1.29, 1.82) is 10.5 Å². The number of nitrogens with zero attached hydrogens (tertiary/aromatic N) is 2. The van der Waals surface area contributed by atoms with Gasteiger partial charge in [-0.05, 0) is 71.2 Å². The predicted octanol–water partition coefficient (Wildman–Crippen LogP) is 6.12. The number of hydrogen-bond acceptors (Lipinski definition) is 2. The summed E-state index contributed by atoms with van der Waals surface area (Å²) in [5, 5.41) is 17.9. The van der Waals surface area contributed by atoms with Crippen molar-refractivity contribution in [3.8, 4) is 12.1 Å². The highest BCUT2D eigenvalue weighted by Gasteiger charge is 2.10. The molecule has 3 aromatic carbocycles. The van der Waals surface area contributed by atoms with E-state index in [0.29, 0.717) is 23.0 Å². The zero-order chi connectivity index (χ0) is 19.9. The van der Waals surface area contributed by atoms with Gasteiger partial charge < -0.3 is 0 Å². The third kappa shape index (κ3) is 4.87. The molecule has 3 aromatic rings. The van der Waals surface area contributed by atoms with Crippen molar-refractivity contribution < 1.29 is 0 Å². The first-order valence-electron chi connectivity index (χ1n) is 9.67. The highest BCUT2D eigenvalue weighted by Crippen LogP contribution is 2.24. The topological polar surface area (TPSA) is 47.6 Å². The van der Waals surface area contributed by atoms with Gasteiger partial charge in [0.05, 0.1) is 23.3 Å². The minimum absolute atomic E-state index is 0.402. The summed E-state index contributed by atoms with van der Waals surface area (Å²) in [5.41, 5.74) is 6.60. The molecule has 0 aliphatic heterocycles. The Kier molecular flexibility index (Phi) is 6.25. The summed E-state index contributed by atoms with van der Waals surface area (Å²) in [6, 6.07) is 29.0. The normalized spacial score (nSPS) is 12.6. The van der Waals surface area contributed by atoms with Crippen LogP contribution in [0.4, 0.5) is 0 Å². The minimum atomic E-state index is 0.402. The second-order valence-corrected chi connectivity index (χ2v) is 7.50. The fourth-order valence-electron chi connectivity index (χ4n) is 3.60. The maximum Gasteiger partial charge on any atom is 0.0991 e. The van der Waals surface area contributed by atoms with Crippen molar-refractivity contribution in [3.05, 3.63) is 106 Å². The third-order valence-electron chi connectivity index (χ3n) is 5.29. The molecule has 2 nitrogen and oxygen atoms in total. The van der Waals surface area contributed by atoms with Crippen molar-refractivity contribution in [2.75, 3.05) is 0 Å². The van der Waals surface area contributed by atoms with Gasteiger partial charge in [0.1, 0.15) is 0 Å². The van der Waals surface area contributed by atoms with Gasteiger partial charge in [-0.1, -0.05) is 62.4 Å². The van der Waals surface area contributed by atoms with Crippen LogP contribution in [0.3, 0.4) is 0 Å². The molecule has 0 aliphatic rings. The minimum Gasteiger partial charge on any atom is -0.192 e. The molecule has 2 atom stereocenters. The maximum absolute atomic E-state index is 8.95. The van der Waals surface area contributed by atoms with Crippen LogP contribution in [0.15, 0.2) is 72.8 Å². The van der Waals surface area contributed by atoms with Gasteiger partial charge in [0.15, 0.2) is 0 Å². The lowest BCUT2D eigenvalue weighted by atomic mass is 9.90. The Morgan fingerprint density at radius 3 is 1.39 bits per heavy atom. The first-order valence-corrected chi connectivity index (χ1v) is 9.67. The van der Waals surface area contributed by atoms with E-state index in [1.165, 1.54) is 22.3 Å². The van der Waals surface area contributed by atoms with Gasteiger partial charge in [-0.15, -0.1) is 0 Å². The summed E-state index contributed by atoms with van der Waals surface area (Å²) in [7, 11) is 0. The molecule has 0 N–H and O–H groups in total. The molecule has 0 saturated carbocycles. The van der Waals surface area contributed by atoms with Gasteiger partial charge in [-0.3, -0.25) is 0 Å². The van der Waals surface area contributed by atoms with Gasteiger partial charge in [-0.2, -0.15) is 10.5 Å². The largest absolute Gasteiger partial charge is 0.192 e. The monoisotopic (exact) mass is 364 g/mol. The summed E-state index contributed by atoms with van der Waals surface area (Å²) >= 11 is 0. The Morgan fingerprint density at radius 2 is 1.04 bits per heavy atom. The Hall–Kier alpha value is -3.36. The van der Waals surface area contributed by atoms with Gasteiger partial charge in [0.25, 0.3) is 0 Å². The first kappa shape index (κ1) is 19.4. The highest BCUT2D eigenvalue weighted by molar-refractivity contribution is 5.35. The molecule has 2 heteroatoms. The second kappa shape index (κ2) is 9.03. The highest BCUT2D eigenvalue weighted by atomic mass is 14.2. The first-order chi connectivity index (χ1) is 13.6. The van der Waals surface area contributed by atoms with Crippen LogP contribution in [0.25, 0.3) is 0 Å². The van der Waals surface area contributed by atoms with Gasteiger partial charge in [0.2, 0.25) is 0 Å². The van der Waals surface area contributed by atoms with E-state index in [9.17, 15) is 0 Å². The van der Waals surface area contributed by atoms with E-state index in [1.54, 1.807) is 0 Å². The standard InChI is InChI=1S/C26H24N2/c1-19(25-10-6-21(17-27)7-11-25)14-23-4-3-5-24(16-23)15-20(2)26-12-8-22(18-28)9-13-26/h3-13,16,19-20H,14-15H2,1-2H3. The lowest BCUT2D eigenvalue weighted by Crippen LogP contribution is -2.02. The maximum atomic E-state index is 8.95. The van der Waals surface area contributed by atoms with Crippen LogP contribution in [-0.2, 0) is 12.8 Å². The average molecular weight is 364 g/mol. The van der Waals surface area contributed by atoms with Crippen LogP contribution in [0.2, 0.25) is 0 Å². The van der Waals surface area contributed by atoms with E-state index in [0.717, 1.165) is 12.8 Å². The van der Waals surface area contributed by atoms with Crippen LogP contribution in [0.1, 0.15) is 59.1 Å². The van der Waals surface area contributed by atoms with Crippen molar-refractivity contribution in [1.82, 2.24) is 0 Å². The van der Waals surface area contributed by atoms with E-state index >= 15 is 0 Å². The Morgan fingerprint density at radius 1 is 0.643 bits per heavy atom. The molecule has 0 amide bonds. The predicted molar refractivity (Wildman–Crippen MR) is 113 cm³/mol. The number of rotatable bonds is 6. The zero-order valence-electron chi connectivity index (χ0n) is 16.4. The van der Waals surface area contributed by atoms with Crippen LogP contribution in [0.5, 0.6) is 0 Å². The Bertz CT molecular complexity index is 921. The molecule has 0 fully saturated rings. The van der Waals surface area contributed by atoms with E-state index in [-0.39, 0.29) is 0 Å². The molecule has 0 saturated heterocycles. The van der Waals surface area contributed by atoms with Gasteiger partial charge in [-0.25, -0.2) is 0 Å². The molecule has 3 rings (SSSR count). The quantitative estimate of drug-likeness (QED) is 0.529. The number of benzene rings is 3. The van der Waals surface area contributed by atoms with Crippen LogP contribution in [-0.4, -0.2) is 0 Å². The lowest BCUT2D eigenvalue weighted by Gasteiger charge is -2.15. The molecule has 0 bridgehead atoms.